The maximum absolute atomic E-state index is 13.2. The minimum atomic E-state index is -0.771. The fourth-order valence-corrected chi connectivity index (χ4v) is 4.07. The first kappa shape index (κ1) is 20.9. The van der Waals surface area contributed by atoms with Crippen LogP contribution < -0.4 is 9.64 Å². The Balaban J connectivity index is 1.97. The summed E-state index contributed by atoms with van der Waals surface area (Å²) in [5, 5.41) is 11.3. The number of rotatable bonds is 4. The number of amides is 1. The summed E-state index contributed by atoms with van der Waals surface area (Å²) in [6.07, 6.45) is 0. The van der Waals surface area contributed by atoms with Crippen molar-refractivity contribution in [1.82, 2.24) is 0 Å². The van der Waals surface area contributed by atoms with Crippen molar-refractivity contribution in [2.45, 2.75) is 13.0 Å². The molecule has 1 fully saturated rings. The molecule has 1 aliphatic rings. The second-order valence-electron chi connectivity index (χ2n) is 7.26. The lowest BCUT2D eigenvalue weighted by molar-refractivity contribution is -0.132. The van der Waals surface area contributed by atoms with Crippen molar-refractivity contribution in [2.75, 3.05) is 12.0 Å². The molecule has 0 aromatic heterocycles. The smallest absolute Gasteiger partial charge is 0.300 e. The van der Waals surface area contributed by atoms with Gasteiger partial charge in [0.05, 0.1) is 24.3 Å². The van der Waals surface area contributed by atoms with Gasteiger partial charge in [0.1, 0.15) is 11.5 Å². The largest absolute Gasteiger partial charge is 0.507 e. The van der Waals surface area contributed by atoms with Crippen LogP contribution in [0.2, 0.25) is 0 Å². The molecule has 4 rings (SSSR count). The van der Waals surface area contributed by atoms with Crippen molar-refractivity contribution in [3.63, 3.8) is 0 Å². The highest BCUT2D eigenvalue weighted by Gasteiger charge is 2.47. The highest BCUT2D eigenvalue weighted by atomic mass is 79.9. The van der Waals surface area contributed by atoms with E-state index in [1.165, 1.54) is 12.0 Å². The van der Waals surface area contributed by atoms with Crippen LogP contribution in [0.4, 0.5) is 5.69 Å². The van der Waals surface area contributed by atoms with Crippen LogP contribution in [0.5, 0.6) is 5.75 Å². The van der Waals surface area contributed by atoms with Crippen LogP contribution in [-0.4, -0.2) is 23.9 Å². The number of benzene rings is 3. The summed E-state index contributed by atoms with van der Waals surface area (Å²) in [5.41, 5.74) is 2.58. The minimum Gasteiger partial charge on any atom is -0.507 e. The Labute approximate surface area is 188 Å². The molecule has 6 heteroatoms. The van der Waals surface area contributed by atoms with E-state index in [1.807, 2.05) is 43.3 Å². The third-order valence-corrected chi connectivity index (χ3v) is 5.80. The van der Waals surface area contributed by atoms with E-state index in [1.54, 1.807) is 36.4 Å². The van der Waals surface area contributed by atoms with E-state index in [2.05, 4.69) is 15.9 Å². The van der Waals surface area contributed by atoms with Gasteiger partial charge in [-0.05, 0) is 48.9 Å². The molecule has 0 spiro atoms. The lowest BCUT2D eigenvalue weighted by Crippen LogP contribution is -2.29. The van der Waals surface area contributed by atoms with Gasteiger partial charge < -0.3 is 9.84 Å². The van der Waals surface area contributed by atoms with Crippen molar-refractivity contribution in [3.05, 3.63) is 99.5 Å². The monoisotopic (exact) mass is 477 g/mol. The Morgan fingerprint density at radius 1 is 1.00 bits per heavy atom. The van der Waals surface area contributed by atoms with Crippen LogP contribution in [-0.2, 0) is 9.59 Å². The van der Waals surface area contributed by atoms with Crippen molar-refractivity contribution < 1.29 is 19.4 Å². The number of nitrogens with zero attached hydrogens (tertiary/aromatic N) is 1. The Hall–Kier alpha value is -3.38. The molecule has 156 valence electrons. The summed E-state index contributed by atoms with van der Waals surface area (Å²) in [6, 6.07) is 20.9. The fourth-order valence-electron chi connectivity index (χ4n) is 3.80. The predicted molar refractivity (Wildman–Crippen MR) is 123 cm³/mol. The predicted octanol–water partition coefficient (Wildman–Crippen LogP) is 5.39. The molecule has 5 nitrogen and oxygen atoms in total. The normalized spacial score (nSPS) is 17.8. The SMILES string of the molecule is COc1ccc(C)cc1/C(O)=C1\C(=O)C(=O)N(c2ccc(Br)cc2)C1c1ccccc1. The van der Waals surface area contributed by atoms with Gasteiger partial charge in [0, 0.05) is 10.2 Å². The number of hydrogen-bond acceptors (Lipinski definition) is 4. The number of ketones is 1. The number of aliphatic hydroxyl groups excluding tert-OH is 1. The molecule has 1 saturated heterocycles. The summed E-state index contributed by atoms with van der Waals surface area (Å²) >= 11 is 3.40. The average Bonchev–Trinajstić information content (AvgIpc) is 3.05. The Morgan fingerprint density at radius 3 is 2.32 bits per heavy atom. The van der Waals surface area contributed by atoms with Crippen molar-refractivity contribution in [2.24, 2.45) is 0 Å². The molecule has 1 N–H and O–H groups in total. The average molecular weight is 478 g/mol. The molecular formula is C25H20BrNO4. The number of halogens is 1. The molecule has 1 unspecified atom stereocenters. The molecule has 1 amide bonds. The molecule has 1 atom stereocenters. The molecule has 3 aromatic rings. The molecule has 1 aliphatic heterocycles. The van der Waals surface area contributed by atoms with Gasteiger partial charge >= 0.3 is 0 Å². The van der Waals surface area contributed by atoms with E-state index in [0.29, 0.717) is 17.0 Å². The summed E-state index contributed by atoms with van der Waals surface area (Å²) in [4.78, 5) is 27.7. The number of hydrogen-bond donors (Lipinski definition) is 1. The van der Waals surface area contributed by atoms with Gasteiger partial charge in [-0.15, -0.1) is 0 Å². The number of methoxy groups -OCH3 is 1. The van der Waals surface area contributed by atoms with Crippen LogP contribution in [0, 0.1) is 6.92 Å². The molecule has 0 saturated carbocycles. The van der Waals surface area contributed by atoms with Crippen molar-refractivity contribution in [3.8, 4) is 5.75 Å². The molecule has 0 aliphatic carbocycles. The number of anilines is 1. The van der Waals surface area contributed by atoms with Crippen LogP contribution in [0.15, 0.2) is 82.8 Å². The first-order valence-electron chi connectivity index (χ1n) is 9.69. The van der Waals surface area contributed by atoms with Crippen LogP contribution in [0.1, 0.15) is 22.7 Å². The third kappa shape index (κ3) is 3.75. The number of aryl methyl sites for hydroxylation is 1. The highest BCUT2D eigenvalue weighted by Crippen LogP contribution is 2.43. The van der Waals surface area contributed by atoms with Gasteiger partial charge in [0.2, 0.25) is 0 Å². The minimum absolute atomic E-state index is 0.0306. The summed E-state index contributed by atoms with van der Waals surface area (Å²) in [5.74, 6) is -1.26. The molecule has 1 heterocycles. The summed E-state index contributed by atoms with van der Waals surface area (Å²) in [7, 11) is 1.50. The number of Topliss-reactive ketones (excluding diaryl/α,β-unsaturated/α-hetero) is 1. The summed E-state index contributed by atoms with van der Waals surface area (Å²) in [6.45, 7) is 1.88. The van der Waals surface area contributed by atoms with E-state index in [-0.39, 0.29) is 11.3 Å². The van der Waals surface area contributed by atoms with Crippen LogP contribution in [0.3, 0.4) is 0 Å². The van der Waals surface area contributed by atoms with Gasteiger partial charge in [0.15, 0.2) is 0 Å². The van der Waals surface area contributed by atoms with Gasteiger partial charge in [-0.3, -0.25) is 14.5 Å². The standard InChI is InChI=1S/C25H20BrNO4/c1-15-8-13-20(31-2)19(14-15)23(28)21-22(16-6-4-3-5-7-16)27(25(30)24(21)29)18-11-9-17(26)10-12-18/h3-14,22,28H,1-2H3/b23-21+. The maximum Gasteiger partial charge on any atom is 0.300 e. The number of aliphatic hydroxyl groups is 1. The van der Waals surface area contributed by atoms with Gasteiger partial charge in [-0.1, -0.05) is 57.9 Å². The lowest BCUT2D eigenvalue weighted by Gasteiger charge is -2.25. The zero-order valence-electron chi connectivity index (χ0n) is 17.0. The topological polar surface area (TPSA) is 66.8 Å². The highest BCUT2D eigenvalue weighted by molar-refractivity contribution is 9.10. The van der Waals surface area contributed by atoms with Crippen molar-refractivity contribution >= 4 is 39.1 Å². The second kappa shape index (κ2) is 8.40. The fraction of sp³-hybridized carbons (Fsp3) is 0.120. The first-order valence-corrected chi connectivity index (χ1v) is 10.5. The Bertz CT molecular complexity index is 1190. The van der Waals surface area contributed by atoms with Crippen LogP contribution >= 0.6 is 15.9 Å². The van der Waals surface area contributed by atoms with E-state index >= 15 is 0 Å². The first-order chi connectivity index (χ1) is 14.9. The number of carbonyl (C=O) groups excluding carboxylic acids is 2. The lowest BCUT2D eigenvalue weighted by atomic mass is 9.94. The molecular weight excluding hydrogens is 458 g/mol. The van der Waals surface area contributed by atoms with E-state index < -0.39 is 17.7 Å². The zero-order chi connectivity index (χ0) is 22.1. The molecule has 3 aromatic carbocycles. The van der Waals surface area contributed by atoms with E-state index in [4.69, 9.17) is 4.74 Å². The Morgan fingerprint density at radius 2 is 1.68 bits per heavy atom. The van der Waals surface area contributed by atoms with Crippen LogP contribution in [0.25, 0.3) is 5.76 Å². The molecule has 0 bridgehead atoms. The third-order valence-electron chi connectivity index (χ3n) is 5.27. The van der Waals surface area contributed by atoms with E-state index in [0.717, 1.165) is 15.6 Å². The van der Waals surface area contributed by atoms with Gasteiger partial charge in [-0.25, -0.2) is 0 Å². The zero-order valence-corrected chi connectivity index (χ0v) is 18.6. The molecule has 31 heavy (non-hydrogen) atoms. The van der Waals surface area contributed by atoms with E-state index in [9.17, 15) is 14.7 Å². The van der Waals surface area contributed by atoms with Crippen molar-refractivity contribution in [1.29, 1.82) is 0 Å². The van der Waals surface area contributed by atoms with Gasteiger partial charge in [-0.2, -0.15) is 0 Å². The quantitative estimate of drug-likeness (QED) is 0.310. The second-order valence-corrected chi connectivity index (χ2v) is 8.18. The van der Waals surface area contributed by atoms with Gasteiger partial charge in [0.25, 0.3) is 11.7 Å². The summed E-state index contributed by atoms with van der Waals surface area (Å²) < 4.78 is 6.25. The number of carbonyl (C=O) groups is 2. The molecule has 0 radical (unpaired) electrons. The maximum atomic E-state index is 13.2. The number of ether oxygens (including phenoxy) is 1. The Kier molecular flexibility index (Phi) is 5.65.